The van der Waals surface area contributed by atoms with Crippen molar-refractivity contribution < 1.29 is 4.74 Å². The number of hydrogen-bond donors (Lipinski definition) is 1. The van der Waals surface area contributed by atoms with Crippen molar-refractivity contribution in [1.29, 1.82) is 5.26 Å². The number of hydrogen-bond acceptors (Lipinski definition) is 3. The summed E-state index contributed by atoms with van der Waals surface area (Å²) in [5.74, 6) is 0.607. The van der Waals surface area contributed by atoms with E-state index in [0.29, 0.717) is 17.1 Å². The van der Waals surface area contributed by atoms with Crippen molar-refractivity contribution in [3.63, 3.8) is 0 Å². The van der Waals surface area contributed by atoms with Crippen LogP contribution in [0.3, 0.4) is 0 Å². The van der Waals surface area contributed by atoms with Crippen LogP contribution in [0.5, 0.6) is 5.75 Å². The molecule has 4 nitrogen and oxygen atoms in total. The Bertz CT molecular complexity index is 552. The molecular formula is C12H11N3O. The standard InChI is InChI=1S/C12H11N3O/c1-16-12-7-9(4-5-11(12)14)15-6-2-3-10(15)8-13/h2-7H,14H2,1H3. The molecule has 80 valence electrons. The van der Waals surface area contributed by atoms with Gasteiger partial charge in [-0.25, -0.2) is 0 Å². The molecule has 0 unspecified atom stereocenters. The van der Waals surface area contributed by atoms with Crippen LogP contribution < -0.4 is 10.5 Å². The SMILES string of the molecule is COc1cc(-n2cccc2C#N)ccc1N. The quantitative estimate of drug-likeness (QED) is 0.775. The molecule has 2 aromatic rings. The molecule has 2 N–H and O–H groups in total. The molecule has 0 aliphatic rings. The summed E-state index contributed by atoms with van der Waals surface area (Å²) in [7, 11) is 1.57. The Balaban J connectivity index is 2.53. The molecular weight excluding hydrogens is 202 g/mol. The van der Waals surface area contributed by atoms with Gasteiger partial charge in [0.15, 0.2) is 0 Å². The van der Waals surface area contributed by atoms with Gasteiger partial charge in [0.25, 0.3) is 0 Å². The van der Waals surface area contributed by atoms with Crippen LogP contribution in [-0.4, -0.2) is 11.7 Å². The lowest BCUT2D eigenvalue weighted by Crippen LogP contribution is -1.98. The minimum atomic E-state index is 0.576. The van der Waals surface area contributed by atoms with Gasteiger partial charge in [0, 0.05) is 12.3 Å². The van der Waals surface area contributed by atoms with Crippen molar-refractivity contribution in [1.82, 2.24) is 4.57 Å². The predicted molar refractivity (Wildman–Crippen MR) is 61.4 cm³/mol. The number of methoxy groups -OCH3 is 1. The Hall–Kier alpha value is -2.41. The predicted octanol–water partition coefficient (Wildman–Crippen LogP) is 1.94. The zero-order valence-electron chi connectivity index (χ0n) is 8.84. The van der Waals surface area contributed by atoms with E-state index in [1.807, 2.05) is 18.3 Å². The molecule has 0 amide bonds. The average Bonchev–Trinajstić information content (AvgIpc) is 2.78. The van der Waals surface area contributed by atoms with E-state index in [9.17, 15) is 0 Å². The summed E-state index contributed by atoms with van der Waals surface area (Å²) in [4.78, 5) is 0. The zero-order chi connectivity index (χ0) is 11.5. The first kappa shape index (κ1) is 10.1. The third-order valence-corrected chi connectivity index (χ3v) is 2.36. The fourth-order valence-electron chi connectivity index (χ4n) is 1.55. The van der Waals surface area contributed by atoms with E-state index >= 15 is 0 Å². The molecule has 2 rings (SSSR count). The maximum Gasteiger partial charge on any atom is 0.143 e. The summed E-state index contributed by atoms with van der Waals surface area (Å²) in [5.41, 5.74) is 7.74. The van der Waals surface area contributed by atoms with Crippen molar-refractivity contribution in [3.05, 3.63) is 42.2 Å². The zero-order valence-corrected chi connectivity index (χ0v) is 8.84. The highest BCUT2D eigenvalue weighted by Crippen LogP contribution is 2.25. The smallest absolute Gasteiger partial charge is 0.143 e. The van der Waals surface area contributed by atoms with Crippen LogP contribution in [0.2, 0.25) is 0 Å². The largest absolute Gasteiger partial charge is 0.495 e. The van der Waals surface area contributed by atoms with E-state index in [-0.39, 0.29) is 0 Å². The number of nitrogens with zero attached hydrogens (tertiary/aromatic N) is 2. The van der Waals surface area contributed by atoms with Gasteiger partial charge in [-0.2, -0.15) is 5.26 Å². The normalized spacial score (nSPS) is 9.75. The van der Waals surface area contributed by atoms with Gasteiger partial charge in [0.1, 0.15) is 17.5 Å². The highest BCUT2D eigenvalue weighted by Gasteiger charge is 2.05. The van der Waals surface area contributed by atoms with Crippen molar-refractivity contribution in [2.45, 2.75) is 0 Å². The average molecular weight is 213 g/mol. The molecule has 0 aliphatic heterocycles. The van der Waals surface area contributed by atoms with Crippen LogP contribution in [0.1, 0.15) is 5.69 Å². The van der Waals surface area contributed by atoms with Crippen molar-refractivity contribution >= 4 is 5.69 Å². The Kier molecular flexibility index (Phi) is 2.52. The van der Waals surface area contributed by atoms with Crippen LogP contribution in [0.4, 0.5) is 5.69 Å². The van der Waals surface area contributed by atoms with Crippen LogP contribution in [0, 0.1) is 11.3 Å². The summed E-state index contributed by atoms with van der Waals surface area (Å²) in [6.07, 6.45) is 1.82. The second kappa shape index (κ2) is 3.99. The third-order valence-electron chi connectivity index (χ3n) is 2.36. The summed E-state index contributed by atoms with van der Waals surface area (Å²) in [6, 6.07) is 11.1. The molecule has 0 saturated carbocycles. The summed E-state index contributed by atoms with van der Waals surface area (Å²) in [6.45, 7) is 0. The molecule has 0 bridgehead atoms. The Labute approximate surface area is 93.5 Å². The Morgan fingerprint density at radius 3 is 2.88 bits per heavy atom. The van der Waals surface area contributed by atoms with E-state index in [4.69, 9.17) is 15.7 Å². The van der Waals surface area contributed by atoms with E-state index in [2.05, 4.69) is 6.07 Å². The number of ether oxygens (including phenoxy) is 1. The molecule has 16 heavy (non-hydrogen) atoms. The first-order chi connectivity index (χ1) is 7.76. The molecule has 0 atom stereocenters. The second-order valence-corrected chi connectivity index (χ2v) is 3.30. The van der Waals surface area contributed by atoms with Gasteiger partial charge in [-0.05, 0) is 24.3 Å². The molecule has 1 aromatic heterocycles. The number of rotatable bonds is 2. The van der Waals surface area contributed by atoms with Gasteiger partial charge in [-0.15, -0.1) is 0 Å². The summed E-state index contributed by atoms with van der Waals surface area (Å²) >= 11 is 0. The number of nitriles is 1. The lowest BCUT2D eigenvalue weighted by atomic mass is 10.2. The highest BCUT2D eigenvalue weighted by atomic mass is 16.5. The van der Waals surface area contributed by atoms with E-state index in [1.54, 1.807) is 29.9 Å². The van der Waals surface area contributed by atoms with Crippen molar-refractivity contribution in [2.24, 2.45) is 0 Å². The van der Waals surface area contributed by atoms with Gasteiger partial charge in [-0.3, -0.25) is 0 Å². The van der Waals surface area contributed by atoms with Gasteiger partial charge in [-0.1, -0.05) is 0 Å². The lowest BCUT2D eigenvalue weighted by Gasteiger charge is -2.09. The van der Waals surface area contributed by atoms with Crippen LogP contribution in [-0.2, 0) is 0 Å². The summed E-state index contributed by atoms with van der Waals surface area (Å²) in [5, 5.41) is 8.92. The van der Waals surface area contributed by atoms with Gasteiger partial charge >= 0.3 is 0 Å². The fourth-order valence-corrected chi connectivity index (χ4v) is 1.55. The van der Waals surface area contributed by atoms with Crippen LogP contribution >= 0.6 is 0 Å². The Morgan fingerprint density at radius 1 is 1.38 bits per heavy atom. The first-order valence-electron chi connectivity index (χ1n) is 4.77. The number of anilines is 1. The van der Waals surface area contributed by atoms with Crippen molar-refractivity contribution in [3.8, 4) is 17.5 Å². The molecule has 1 aromatic carbocycles. The molecule has 1 heterocycles. The van der Waals surface area contributed by atoms with Gasteiger partial charge in [0.2, 0.25) is 0 Å². The van der Waals surface area contributed by atoms with E-state index in [0.717, 1.165) is 5.69 Å². The van der Waals surface area contributed by atoms with E-state index < -0.39 is 0 Å². The summed E-state index contributed by atoms with van der Waals surface area (Å²) < 4.78 is 6.92. The number of benzene rings is 1. The van der Waals surface area contributed by atoms with Gasteiger partial charge in [0.05, 0.1) is 18.5 Å². The second-order valence-electron chi connectivity index (χ2n) is 3.30. The van der Waals surface area contributed by atoms with Crippen molar-refractivity contribution in [2.75, 3.05) is 12.8 Å². The number of nitrogens with two attached hydrogens (primary N) is 1. The highest BCUT2D eigenvalue weighted by molar-refractivity contribution is 5.58. The van der Waals surface area contributed by atoms with Crippen LogP contribution in [0.25, 0.3) is 5.69 Å². The number of nitrogen functional groups attached to an aromatic ring is 1. The molecule has 0 fully saturated rings. The molecule has 0 radical (unpaired) electrons. The minimum absolute atomic E-state index is 0.576. The monoisotopic (exact) mass is 213 g/mol. The molecule has 4 heteroatoms. The van der Waals surface area contributed by atoms with E-state index in [1.165, 1.54) is 0 Å². The van der Waals surface area contributed by atoms with Gasteiger partial charge < -0.3 is 15.0 Å². The number of aromatic nitrogens is 1. The third kappa shape index (κ3) is 1.59. The minimum Gasteiger partial charge on any atom is -0.495 e. The molecule has 0 spiro atoms. The van der Waals surface area contributed by atoms with Crippen LogP contribution in [0.15, 0.2) is 36.5 Å². The topological polar surface area (TPSA) is 64.0 Å². The lowest BCUT2D eigenvalue weighted by molar-refractivity contribution is 0.417. The molecule has 0 saturated heterocycles. The first-order valence-corrected chi connectivity index (χ1v) is 4.77. The maximum absolute atomic E-state index is 8.92. The molecule has 0 aliphatic carbocycles. The maximum atomic E-state index is 8.92. The fraction of sp³-hybridized carbons (Fsp3) is 0.0833. The Morgan fingerprint density at radius 2 is 2.19 bits per heavy atom.